The van der Waals surface area contributed by atoms with E-state index in [1.807, 2.05) is 6.07 Å². The molecule has 3 aromatic rings. The van der Waals surface area contributed by atoms with Crippen molar-refractivity contribution in [1.29, 1.82) is 0 Å². The smallest absolute Gasteiger partial charge is 0.374 e. The molecule has 1 aliphatic carbocycles. The van der Waals surface area contributed by atoms with Crippen LogP contribution in [0, 0.1) is 11.7 Å². The van der Waals surface area contributed by atoms with Gasteiger partial charge < -0.3 is 15.0 Å². The summed E-state index contributed by atoms with van der Waals surface area (Å²) in [5.41, 5.74) is -5.72. The number of alkyl halides is 6. The minimum atomic E-state index is -5.18. The Hall–Kier alpha value is -3.45. The van der Waals surface area contributed by atoms with Gasteiger partial charge in [-0.05, 0) is 49.4 Å². The van der Waals surface area contributed by atoms with Gasteiger partial charge in [0.15, 0.2) is 5.69 Å². The number of rotatable bonds is 7. The van der Waals surface area contributed by atoms with Crippen LogP contribution in [0.2, 0.25) is 5.02 Å². The van der Waals surface area contributed by atoms with E-state index in [1.54, 1.807) is 23.2 Å². The SMILES string of the molecule is O=C(NCc1ccc(C(F)(F)F)c(-c2nc(C(F)(F)F)cc(=O)[nH]2)c1F)C1CCC(OCc2cccc(Cl)c2)CC1. The number of amides is 1. The van der Waals surface area contributed by atoms with E-state index in [-0.39, 0.29) is 12.2 Å². The number of aromatic amines is 1. The molecule has 220 valence electrons. The fraction of sp³-hybridized carbons (Fsp3) is 0.370. The molecule has 0 radical (unpaired) electrons. The van der Waals surface area contributed by atoms with Gasteiger partial charge >= 0.3 is 12.4 Å². The average molecular weight is 606 g/mol. The molecule has 6 nitrogen and oxygen atoms in total. The van der Waals surface area contributed by atoms with Crippen molar-refractivity contribution in [2.75, 3.05) is 0 Å². The Morgan fingerprint density at radius 1 is 1.02 bits per heavy atom. The number of hydrogen-bond acceptors (Lipinski definition) is 4. The lowest BCUT2D eigenvalue weighted by Crippen LogP contribution is -2.34. The summed E-state index contributed by atoms with van der Waals surface area (Å²) in [6.07, 6.45) is -8.36. The van der Waals surface area contributed by atoms with Crippen LogP contribution in [-0.2, 0) is 35.0 Å². The van der Waals surface area contributed by atoms with Crippen LogP contribution in [0.15, 0.2) is 47.3 Å². The lowest BCUT2D eigenvalue weighted by atomic mass is 9.86. The molecule has 0 aliphatic heterocycles. The normalized spacial score (nSPS) is 17.9. The Morgan fingerprint density at radius 2 is 1.73 bits per heavy atom. The summed E-state index contributed by atoms with van der Waals surface area (Å²) < 4.78 is 102. The van der Waals surface area contributed by atoms with Crippen LogP contribution in [0.25, 0.3) is 11.4 Å². The molecule has 41 heavy (non-hydrogen) atoms. The van der Waals surface area contributed by atoms with Crippen LogP contribution in [0.5, 0.6) is 0 Å². The summed E-state index contributed by atoms with van der Waals surface area (Å²) in [6.45, 7) is -0.187. The number of H-pyrrole nitrogens is 1. The van der Waals surface area contributed by atoms with Crippen molar-refractivity contribution in [3.8, 4) is 11.4 Å². The van der Waals surface area contributed by atoms with E-state index in [1.165, 1.54) is 0 Å². The molecular formula is C27H23ClF7N3O3. The fourth-order valence-corrected chi connectivity index (χ4v) is 4.82. The van der Waals surface area contributed by atoms with Gasteiger partial charge in [0.1, 0.15) is 11.6 Å². The second-order valence-corrected chi connectivity index (χ2v) is 10.0. The second-order valence-electron chi connectivity index (χ2n) is 9.57. The Morgan fingerprint density at radius 3 is 2.37 bits per heavy atom. The molecule has 0 unspecified atom stereocenters. The van der Waals surface area contributed by atoms with Crippen molar-refractivity contribution in [3.63, 3.8) is 0 Å². The molecule has 2 aromatic carbocycles. The lowest BCUT2D eigenvalue weighted by Gasteiger charge is -2.28. The van der Waals surface area contributed by atoms with E-state index >= 15 is 4.39 Å². The minimum absolute atomic E-state index is 0.0514. The molecule has 1 saturated carbocycles. The number of nitrogens with one attached hydrogen (secondary N) is 2. The second kappa shape index (κ2) is 12.2. The van der Waals surface area contributed by atoms with Gasteiger partial charge in [-0.3, -0.25) is 9.59 Å². The van der Waals surface area contributed by atoms with E-state index in [4.69, 9.17) is 16.3 Å². The molecule has 1 amide bonds. The topological polar surface area (TPSA) is 84.1 Å². The van der Waals surface area contributed by atoms with E-state index < -0.39 is 70.3 Å². The highest BCUT2D eigenvalue weighted by Crippen LogP contribution is 2.39. The van der Waals surface area contributed by atoms with Crippen molar-refractivity contribution in [2.45, 2.75) is 57.3 Å². The monoisotopic (exact) mass is 605 g/mol. The first kappa shape index (κ1) is 30.5. The van der Waals surface area contributed by atoms with E-state index in [0.29, 0.717) is 43.4 Å². The number of carbonyl (C=O) groups excluding carboxylic acids is 1. The summed E-state index contributed by atoms with van der Waals surface area (Å²) in [7, 11) is 0. The standard InChI is InChI=1S/C27H23ClF7N3O3/c28-17-3-1-2-14(10-17)13-41-18-7-4-15(5-8-18)25(40)36-12-16-6-9-19(26(30,31)32)22(23(16)29)24-37-20(27(33,34)35)11-21(39)38-24/h1-3,6,9-11,15,18H,4-5,7-8,12-13H2,(H,36,40)(H,37,38,39). The number of hydrogen-bond donors (Lipinski definition) is 2. The van der Waals surface area contributed by atoms with Crippen LogP contribution in [0.4, 0.5) is 30.7 Å². The zero-order valence-electron chi connectivity index (χ0n) is 21.1. The Labute approximate surface area is 233 Å². The first-order valence-electron chi connectivity index (χ1n) is 12.4. The molecule has 1 aromatic heterocycles. The number of carbonyl (C=O) groups is 1. The van der Waals surface area contributed by atoms with E-state index in [9.17, 15) is 35.9 Å². The van der Waals surface area contributed by atoms with Crippen LogP contribution in [0.3, 0.4) is 0 Å². The maximum absolute atomic E-state index is 15.4. The molecule has 14 heteroatoms. The van der Waals surface area contributed by atoms with Crippen molar-refractivity contribution in [1.82, 2.24) is 15.3 Å². The van der Waals surface area contributed by atoms with Crippen molar-refractivity contribution in [2.24, 2.45) is 5.92 Å². The Bertz CT molecular complexity index is 1470. The predicted molar refractivity (Wildman–Crippen MR) is 134 cm³/mol. The summed E-state index contributed by atoms with van der Waals surface area (Å²) in [5.74, 6) is -3.70. The molecule has 4 rings (SSSR count). The number of halogens is 8. The van der Waals surface area contributed by atoms with Gasteiger partial charge in [-0.25, -0.2) is 9.37 Å². The Balaban J connectivity index is 1.45. The first-order chi connectivity index (χ1) is 19.2. The maximum Gasteiger partial charge on any atom is 0.433 e. The highest BCUT2D eigenvalue weighted by Gasteiger charge is 2.39. The number of benzene rings is 2. The summed E-state index contributed by atoms with van der Waals surface area (Å²) in [5, 5.41) is 3.07. The third kappa shape index (κ3) is 7.64. The molecule has 0 bridgehead atoms. The van der Waals surface area contributed by atoms with Crippen molar-refractivity contribution >= 4 is 17.5 Å². The predicted octanol–water partition coefficient (Wildman–Crippen LogP) is 6.66. The third-order valence-corrected chi connectivity index (χ3v) is 6.90. The highest BCUT2D eigenvalue weighted by atomic mass is 35.5. The van der Waals surface area contributed by atoms with Gasteiger partial charge in [-0.1, -0.05) is 29.8 Å². The zero-order valence-corrected chi connectivity index (χ0v) is 21.9. The van der Waals surface area contributed by atoms with Crippen LogP contribution >= 0.6 is 11.6 Å². The van der Waals surface area contributed by atoms with Crippen molar-refractivity contribution < 1.29 is 40.3 Å². The fourth-order valence-electron chi connectivity index (χ4n) is 4.60. The largest absolute Gasteiger partial charge is 0.433 e. The summed E-state index contributed by atoms with van der Waals surface area (Å²) >= 11 is 5.97. The van der Waals surface area contributed by atoms with Crippen LogP contribution in [-0.4, -0.2) is 22.0 Å². The molecule has 0 saturated heterocycles. The molecule has 0 atom stereocenters. The summed E-state index contributed by atoms with van der Waals surface area (Å²) in [6, 6.07) is 8.49. The van der Waals surface area contributed by atoms with Gasteiger partial charge in [-0.2, -0.15) is 26.3 Å². The van der Waals surface area contributed by atoms with Gasteiger partial charge in [0.2, 0.25) is 5.91 Å². The molecule has 2 N–H and O–H groups in total. The molecule has 1 fully saturated rings. The molecule has 0 spiro atoms. The number of aromatic nitrogens is 2. The Kier molecular flexibility index (Phi) is 9.07. The van der Waals surface area contributed by atoms with E-state index in [0.717, 1.165) is 11.6 Å². The first-order valence-corrected chi connectivity index (χ1v) is 12.8. The van der Waals surface area contributed by atoms with Gasteiger partial charge in [0.05, 0.1) is 23.8 Å². The minimum Gasteiger partial charge on any atom is -0.374 e. The van der Waals surface area contributed by atoms with Gasteiger partial charge in [-0.15, -0.1) is 0 Å². The van der Waals surface area contributed by atoms with E-state index in [2.05, 4.69) is 10.3 Å². The number of ether oxygens (including phenoxy) is 1. The van der Waals surface area contributed by atoms with Crippen LogP contribution in [0.1, 0.15) is 48.1 Å². The van der Waals surface area contributed by atoms with Crippen LogP contribution < -0.4 is 10.9 Å². The average Bonchev–Trinajstić information content (AvgIpc) is 2.90. The van der Waals surface area contributed by atoms with Gasteiger partial charge in [0.25, 0.3) is 5.56 Å². The number of nitrogens with zero attached hydrogens (tertiary/aromatic N) is 1. The van der Waals surface area contributed by atoms with Crippen molar-refractivity contribution in [3.05, 3.63) is 86.0 Å². The summed E-state index contributed by atoms with van der Waals surface area (Å²) in [4.78, 5) is 29.3. The maximum atomic E-state index is 15.4. The lowest BCUT2D eigenvalue weighted by molar-refractivity contribution is -0.141. The zero-order chi connectivity index (χ0) is 29.9. The molecule has 1 heterocycles. The quantitative estimate of drug-likeness (QED) is 0.295. The molecular weight excluding hydrogens is 583 g/mol. The highest BCUT2D eigenvalue weighted by molar-refractivity contribution is 6.30. The van der Waals surface area contributed by atoms with Gasteiger partial charge in [0, 0.05) is 29.1 Å². The molecule has 1 aliphatic rings. The third-order valence-electron chi connectivity index (χ3n) is 6.67.